The molecule has 3 heterocycles. The summed E-state index contributed by atoms with van der Waals surface area (Å²) in [6, 6.07) is 0.632. The van der Waals surface area contributed by atoms with E-state index in [2.05, 4.69) is 4.90 Å². The van der Waals surface area contributed by atoms with Gasteiger partial charge in [0.1, 0.15) is 0 Å². The van der Waals surface area contributed by atoms with Crippen molar-refractivity contribution in [3.63, 3.8) is 0 Å². The van der Waals surface area contributed by atoms with E-state index in [1.807, 2.05) is 4.90 Å². The van der Waals surface area contributed by atoms with Gasteiger partial charge in [0.2, 0.25) is 5.91 Å². The number of morpholine rings is 1. The van der Waals surface area contributed by atoms with E-state index >= 15 is 0 Å². The third kappa shape index (κ3) is 2.39. The van der Waals surface area contributed by atoms with E-state index in [1.54, 1.807) is 0 Å². The van der Waals surface area contributed by atoms with Crippen molar-refractivity contribution in [2.24, 2.45) is 11.7 Å². The molecule has 0 bridgehead atoms. The predicted octanol–water partition coefficient (Wildman–Crippen LogP) is -0.343. The molecule has 0 aromatic heterocycles. The first kappa shape index (κ1) is 12.4. The maximum absolute atomic E-state index is 11.8. The molecule has 3 fully saturated rings. The average molecular weight is 253 g/mol. The van der Waals surface area contributed by atoms with Crippen LogP contribution in [0, 0.1) is 5.92 Å². The topological polar surface area (TPSA) is 58.8 Å². The molecule has 3 saturated heterocycles. The van der Waals surface area contributed by atoms with Gasteiger partial charge in [0.25, 0.3) is 0 Å². The summed E-state index contributed by atoms with van der Waals surface area (Å²) in [6.45, 7) is 5.21. The first-order valence-electron chi connectivity index (χ1n) is 7.09. The Labute approximate surface area is 108 Å². The van der Waals surface area contributed by atoms with Gasteiger partial charge in [-0.25, -0.2) is 0 Å². The van der Waals surface area contributed by atoms with Crippen LogP contribution in [0.25, 0.3) is 0 Å². The highest BCUT2D eigenvalue weighted by molar-refractivity contribution is 5.78. The van der Waals surface area contributed by atoms with Crippen LogP contribution in [0.4, 0.5) is 0 Å². The molecule has 0 saturated carbocycles. The summed E-state index contributed by atoms with van der Waals surface area (Å²) in [5.74, 6) is 0.596. The van der Waals surface area contributed by atoms with Gasteiger partial charge in [-0.2, -0.15) is 0 Å². The number of amides is 1. The Balaban J connectivity index is 1.52. The molecule has 5 nitrogen and oxygen atoms in total. The summed E-state index contributed by atoms with van der Waals surface area (Å²) in [7, 11) is 0. The fraction of sp³-hybridized carbons (Fsp3) is 0.923. The van der Waals surface area contributed by atoms with Gasteiger partial charge in [-0.05, 0) is 31.8 Å². The zero-order chi connectivity index (χ0) is 12.5. The molecule has 0 radical (unpaired) electrons. The van der Waals surface area contributed by atoms with Crippen molar-refractivity contribution in [2.75, 3.05) is 39.3 Å². The zero-order valence-electron chi connectivity index (χ0n) is 10.9. The minimum absolute atomic E-state index is 0.194. The normalized spacial score (nSPS) is 37.3. The van der Waals surface area contributed by atoms with Gasteiger partial charge in [-0.15, -0.1) is 0 Å². The molecule has 2 N–H and O–H groups in total. The number of nitrogens with zero attached hydrogens (tertiary/aromatic N) is 2. The number of fused-ring (bicyclic) bond motifs is 1. The van der Waals surface area contributed by atoms with Gasteiger partial charge in [-0.3, -0.25) is 9.69 Å². The molecule has 3 atom stereocenters. The van der Waals surface area contributed by atoms with Crippen molar-refractivity contribution in [3.8, 4) is 0 Å². The molecular formula is C13H23N3O2. The molecule has 1 amide bonds. The van der Waals surface area contributed by atoms with Crippen LogP contribution in [0.1, 0.15) is 19.3 Å². The Morgan fingerprint density at radius 3 is 3.06 bits per heavy atom. The fourth-order valence-corrected chi connectivity index (χ4v) is 3.43. The van der Waals surface area contributed by atoms with Crippen molar-refractivity contribution in [2.45, 2.75) is 31.4 Å². The van der Waals surface area contributed by atoms with E-state index in [0.29, 0.717) is 24.9 Å². The van der Waals surface area contributed by atoms with Crippen molar-refractivity contribution >= 4 is 5.91 Å². The average Bonchev–Trinajstić information content (AvgIpc) is 2.96. The zero-order valence-corrected chi connectivity index (χ0v) is 10.9. The molecule has 18 heavy (non-hydrogen) atoms. The molecule has 0 aliphatic carbocycles. The number of hydrogen-bond acceptors (Lipinski definition) is 4. The van der Waals surface area contributed by atoms with Crippen LogP contribution in [-0.4, -0.2) is 67.2 Å². The SMILES string of the molecule is NCC1CC(=O)N(CC2CN3CCCC3CO2)C1. The number of nitrogens with two attached hydrogens (primary N) is 1. The number of hydrogen-bond donors (Lipinski definition) is 1. The lowest BCUT2D eigenvalue weighted by Crippen LogP contribution is -2.50. The summed E-state index contributed by atoms with van der Waals surface area (Å²) in [4.78, 5) is 16.3. The van der Waals surface area contributed by atoms with E-state index in [1.165, 1.54) is 19.4 Å². The molecule has 0 aromatic carbocycles. The minimum atomic E-state index is 0.194. The third-order valence-corrected chi connectivity index (χ3v) is 4.51. The van der Waals surface area contributed by atoms with Crippen molar-refractivity contribution in [3.05, 3.63) is 0 Å². The van der Waals surface area contributed by atoms with Gasteiger partial charge in [0, 0.05) is 32.1 Å². The molecule has 0 aromatic rings. The highest BCUT2D eigenvalue weighted by atomic mass is 16.5. The van der Waals surface area contributed by atoms with Crippen LogP contribution in [0.3, 0.4) is 0 Å². The first-order valence-corrected chi connectivity index (χ1v) is 7.09. The number of carbonyl (C=O) groups is 1. The van der Waals surface area contributed by atoms with E-state index in [9.17, 15) is 4.79 Å². The molecule has 3 unspecified atom stereocenters. The Morgan fingerprint density at radius 2 is 2.28 bits per heavy atom. The van der Waals surface area contributed by atoms with Crippen LogP contribution in [0.15, 0.2) is 0 Å². The molecule has 3 rings (SSSR count). The second-order valence-electron chi connectivity index (χ2n) is 5.85. The van der Waals surface area contributed by atoms with Crippen LogP contribution in [-0.2, 0) is 9.53 Å². The molecule has 0 spiro atoms. The quantitative estimate of drug-likeness (QED) is 0.747. The Bertz CT molecular complexity index is 323. The fourth-order valence-electron chi connectivity index (χ4n) is 3.43. The molecule has 3 aliphatic rings. The Kier molecular flexibility index (Phi) is 3.54. The van der Waals surface area contributed by atoms with Crippen LogP contribution in [0.2, 0.25) is 0 Å². The van der Waals surface area contributed by atoms with E-state index in [0.717, 1.165) is 26.2 Å². The lowest BCUT2D eigenvalue weighted by molar-refractivity contribution is -0.131. The van der Waals surface area contributed by atoms with Crippen LogP contribution in [0.5, 0.6) is 0 Å². The molecule has 3 aliphatic heterocycles. The van der Waals surface area contributed by atoms with Gasteiger partial charge < -0.3 is 15.4 Å². The summed E-state index contributed by atoms with van der Waals surface area (Å²) in [5, 5.41) is 0. The number of ether oxygens (including phenoxy) is 1. The third-order valence-electron chi connectivity index (χ3n) is 4.51. The highest BCUT2D eigenvalue weighted by Crippen LogP contribution is 2.24. The number of likely N-dealkylation sites (tertiary alicyclic amines) is 1. The van der Waals surface area contributed by atoms with Crippen molar-refractivity contribution < 1.29 is 9.53 Å². The summed E-state index contributed by atoms with van der Waals surface area (Å²) < 4.78 is 5.90. The highest BCUT2D eigenvalue weighted by Gasteiger charge is 2.35. The van der Waals surface area contributed by atoms with Gasteiger partial charge in [0.05, 0.1) is 12.7 Å². The lowest BCUT2D eigenvalue weighted by atomic mass is 10.1. The van der Waals surface area contributed by atoms with E-state index in [4.69, 9.17) is 10.5 Å². The molecular weight excluding hydrogens is 230 g/mol. The van der Waals surface area contributed by atoms with Crippen molar-refractivity contribution in [1.82, 2.24) is 9.80 Å². The standard InChI is InChI=1S/C13H23N3O2/c14-5-10-4-13(17)16(6-10)8-12-7-15-3-1-2-11(15)9-18-12/h10-12H,1-9,14H2. The summed E-state index contributed by atoms with van der Waals surface area (Å²) in [6.07, 6.45) is 3.37. The number of carbonyl (C=O) groups excluding carboxylic acids is 1. The van der Waals surface area contributed by atoms with Gasteiger partial charge in [0.15, 0.2) is 0 Å². The minimum Gasteiger partial charge on any atom is -0.373 e. The Morgan fingerprint density at radius 1 is 1.39 bits per heavy atom. The van der Waals surface area contributed by atoms with Crippen LogP contribution >= 0.6 is 0 Å². The first-order chi connectivity index (χ1) is 8.76. The summed E-state index contributed by atoms with van der Waals surface area (Å²) in [5.41, 5.74) is 5.64. The number of rotatable bonds is 3. The van der Waals surface area contributed by atoms with E-state index in [-0.39, 0.29) is 12.0 Å². The second kappa shape index (κ2) is 5.15. The second-order valence-corrected chi connectivity index (χ2v) is 5.85. The molecule has 5 heteroatoms. The van der Waals surface area contributed by atoms with Gasteiger partial charge >= 0.3 is 0 Å². The maximum Gasteiger partial charge on any atom is 0.223 e. The smallest absolute Gasteiger partial charge is 0.223 e. The predicted molar refractivity (Wildman–Crippen MR) is 68.1 cm³/mol. The lowest BCUT2D eigenvalue weighted by Gasteiger charge is -2.36. The van der Waals surface area contributed by atoms with Gasteiger partial charge in [-0.1, -0.05) is 0 Å². The maximum atomic E-state index is 11.8. The monoisotopic (exact) mass is 253 g/mol. The molecule has 102 valence electrons. The Hall–Kier alpha value is -0.650. The summed E-state index contributed by atoms with van der Waals surface area (Å²) >= 11 is 0. The van der Waals surface area contributed by atoms with E-state index < -0.39 is 0 Å². The van der Waals surface area contributed by atoms with Crippen molar-refractivity contribution in [1.29, 1.82) is 0 Å². The van der Waals surface area contributed by atoms with Crippen LogP contribution < -0.4 is 5.73 Å². The largest absolute Gasteiger partial charge is 0.373 e.